The van der Waals surface area contributed by atoms with E-state index in [1.54, 1.807) is 0 Å². The van der Waals surface area contributed by atoms with Gasteiger partial charge in [0.05, 0.1) is 6.61 Å². The molecule has 2 aromatic carbocycles. The van der Waals surface area contributed by atoms with E-state index in [-0.39, 0.29) is 18.7 Å². The fourth-order valence-corrected chi connectivity index (χ4v) is 2.19. The Bertz CT molecular complexity index is 510. The van der Waals surface area contributed by atoms with Crippen LogP contribution in [0.3, 0.4) is 0 Å². The molecule has 2 nitrogen and oxygen atoms in total. The Labute approximate surface area is 115 Å². The lowest BCUT2D eigenvalue weighted by molar-refractivity contribution is 0.243. The number of aliphatic hydroxyl groups excluding tert-OH is 1. The second-order valence-corrected chi connectivity index (χ2v) is 4.96. The fourth-order valence-electron chi connectivity index (χ4n) is 2.19. The van der Waals surface area contributed by atoms with Crippen LogP contribution in [-0.4, -0.2) is 17.8 Å². The summed E-state index contributed by atoms with van der Waals surface area (Å²) in [5.41, 5.74) is 3.69. The highest BCUT2D eigenvalue weighted by molar-refractivity contribution is 5.64. The molecule has 2 aromatic rings. The predicted molar refractivity (Wildman–Crippen MR) is 80.0 cm³/mol. The molecule has 2 atom stereocenters. The first-order valence-electron chi connectivity index (χ1n) is 6.73. The van der Waals surface area contributed by atoms with Crippen LogP contribution < -0.4 is 5.32 Å². The monoisotopic (exact) mass is 255 g/mol. The van der Waals surface area contributed by atoms with E-state index in [4.69, 9.17) is 5.11 Å². The van der Waals surface area contributed by atoms with Gasteiger partial charge in [-0.3, -0.25) is 0 Å². The van der Waals surface area contributed by atoms with Gasteiger partial charge >= 0.3 is 0 Å². The van der Waals surface area contributed by atoms with Crippen LogP contribution in [-0.2, 0) is 0 Å². The van der Waals surface area contributed by atoms with Crippen molar-refractivity contribution in [2.24, 2.45) is 0 Å². The highest BCUT2D eigenvalue weighted by atomic mass is 16.3. The van der Waals surface area contributed by atoms with Crippen LogP contribution in [0.4, 0.5) is 0 Å². The second kappa shape index (κ2) is 6.50. The first-order valence-corrected chi connectivity index (χ1v) is 6.73. The van der Waals surface area contributed by atoms with Gasteiger partial charge in [0.2, 0.25) is 0 Å². The standard InChI is InChI=1S/C17H21NO/c1-13(12-19)18-14(2)16-9-6-10-17(11-16)15-7-4-3-5-8-15/h3-11,13-14,18-19H,12H2,1-2H3. The first-order chi connectivity index (χ1) is 9.20. The van der Waals surface area contributed by atoms with E-state index in [0.29, 0.717) is 0 Å². The molecule has 0 saturated carbocycles. The summed E-state index contributed by atoms with van der Waals surface area (Å²) in [7, 11) is 0. The van der Waals surface area contributed by atoms with Gasteiger partial charge in [-0.2, -0.15) is 0 Å². The third-order valence-electron chi connectivity index (χ3n) is 3.30. The molecule has 0 saturated heterocycles. The number of aliphatic hydroxyl groups is 1. The summed E-state index contributed by atoms with van der Waals surface area (Å²) >= 11 is 0. The lowest BCUT2D eigenvalue weighted by Crippen LogP contribution is -2.31. The van der Waals surface area contributed by atoms with E-state index in [1.165, 1.54) is 16.7 Å². The molecule has 0 bridgehead atoms. The van der Waals surface area contributed by atoms with Crippen LogP contribution in [0.5, 0.6) is 0 Å². The molecular weight excluding hydrogens is 234 g/mol. The van der Waals surface area contributed by atoms with Crippen LogP contribution in [0.25, 0.3) is 11.1 Å². The molecule has 0 spiro atoms. The lowest BCUT2D eigenvalue weighted by Gasteiger charge is -2.19. The molecule has 2 rings (SSSR count). The Kier molecular flexibility index (Phi) is 4.72. The van der Waals surface area contributed by atoms with Gasteiger partial charge in [-0.15, -0.1) is 0 Å². The van der Waals surface area contributed by atoms with Crippen LogP contribution in [0.15, 0.2) is 54.6 Å². The molecule has 0 aliphatic rings. The summed E-state index contributed by atoms with van der Waals surface area (Å²) < 4.78 is 0. The van der Waals surface area contributed by atoms with Crippen molar-refractivity contribution in [3.63, 3.8) is 0 Å². The van der Waals surface area contributed by atoms with Crippen molar-refractivity contribution in [2.75, 3.05) is 6.61 Å². The van der Waals surface area contributed by atoms with Gasteiger partial charge in [-0.25, -0.2) is 0 Å². The third-order valence-corrected chi connectivity index (χ3v) is 3.30. The van der Waals surface area contributed by atoms with Gasteiger partial charge in [0.25, 0.3) is 0 Å². The molecule has 2 unspecified atom stereocenters. The molecule has 19 heavy (non-hydrogen) atoms. The highest BCUT2D eigenvalue weighted by Gasteiger charge is 2.09. The SMILES string of the molecule is CC(CO)NC(C)c1cccc(-c2ccccc2)c1. The summed E-state index contributed by atoms with van der Waals surface area (Å²) in [5.74, 6) is 0. The van der Waals surface area contributed by atoms with Gasteiger partial charge < -0.3 is 10.4 Å². The zero-order valence-electron chi connectivity index (χ0n) is 11.5. The number of benzene rings is 2. The first kappa shape index (κ1) is 13.8. The van der Waals surface area contributed by atoms with Gasteiger partial charge in [0, 0.05) is 12.1 Å². The van der Waals surface area contributed by atoms with Crippen LogP contribution in [0.1, 0.15) is 25.5 Å². The predicted octanol–water partition coefficient (Wildman–Crippen LogP) is 3.39. The number of hydrogen-bond donors (Lipinski definition) is 2. The minimum atomic E-state index is 0.107. The van der Waals surface area contributed by atoms with E-state index >= 15 is 0 Å². The maximum Gasteiger partial charge on any atom is 0.0582 e. The molecule has 0 fully saturated rings. The Hall–Kier alpha value is -1.64. The van der Waals surface area contributed by atoms with Crippen molar-refractivity contribution in [1.82, 2.24) is 5.32 Å². The largest absolute Gasteiger partial charge is 0.395 e. The van der Waals surface area contributed by atoms with Crippen LogP contribution in [0.2, 0.25) is 0 Å². The molecule has 2 heteroatoms. The lowest BCUT2D eigenvalue weighted by atomic mass is 10.00. The Morgan fingerprint density at radius 3 is 2.32 bits per heavy atom. The summed E-state index contributed by atoms with van der Waals surface area (Å²) in [6.45, 7) is 4.26. The third kappa shape index (κ3) is 3.66. The van der Waals surface area contributed by atoms with Crippen LogP contribution in [0, 0.1) is 0 Å². The van der Waals surface area contributed by atoms with E-state index in [0.717, 1.165) is 0 Å². The van der Waals surface area contributed by atoms with Crippen molar-refractivity contribution in [3.8, 4) is 11.1 Å². The summed E-state index contributed by atoms with van der Waals surface area (Å²) in [4.78, 5) is 0. The van der Waals surface area contributed by atoms with Gasteiger partial charge in [-0.1, -0.05) is 48.5 Å². The van der Waals surface area contributed by atoms with E-state index in [1.807, 2.05) is 13.0 Å². The second-order valence-electron chi connectivity index (χ2n) is 4.96. The maximum absolute atomic E-state index is 9.10. The van der Waals surface area contributed by atoms with Crippen molar-refractivity contribution >= 4 is 0 Å². The van der Waals surface area contributed by atoms with Gasteiger partial charge in [0.15, 0.2) is 0 Å². The van der Waals surface area contributed by atoms with Crippen LogP contribution >= 0.6 is 0 Å². The molecule has 0 heterocycles. The van der Waals surface area contributed by atoms with E-state index in [2.05, 4.69) is 60.8 Å². The molecule has 0 aliphatic carbocycles. The number of rotatable bonds is 5. The fraction of sp³-hybridized carbons (Fsp3) is 0.294. The topological polar surface area (TPSA) is 32.3 Å². The average Bonchev–Trinajstić information content (AvgIpc) is 2.48. The van der Waals surface area contributed by atoms with E-state index in [9.17, 15) is 0 Å². The Balaban J connectivity index is 2.20. The summed E-state index contributed by atoms with van der Waals surface area (Å²) in [6.07, 6.45) is 0. The zero-order valence-corrected chi connectivity index (χ0v) is 11.5. The van der Waals surface area contributed by atoms with Crippen molar-refractivity contribution in [3.05, 3.63) is 60.2 Å². The summed E-state index contributed by atoms with van der Waals surface area (Å²) in [5, 5.41) is 12.5. The minimum absolute atomic E-state index is 0.107. The molecule has 0 aliphatic heterocycles. The smallest absolute Gasteiger partial charge is 0.0582 e. The van der Waals surface area contributed by atoms with Crippen molar-refractivity contribution in [1.29, 1.82) is 0 Å². The number of nitrogens with one attached hydrogen (secondary N) is 1. The highest BCUT2D eigenvalue weighted by Crippen LogP contribution is 2.23. The minimum Gasteiger partial charge on any atom is -0.395 e. The Morgan fingerprint density at radius 1 is 0.947 bits per heavy atom. The molecule has 0 amide bonds. The normalized spacial score (nSPS) is 14.1. The van der Waals surface area contributed by atoms with Crippen molar-refractivity contribution < 1.29 is 5.11 Å². The molecular formula is C17H21NO. The maximum atomic E-state index is 9.10. The summed E-state index contributed by atoms with van der Waals surface area (Å²) in [6, 6.07) is 19.2. The Morgan fingerprint density at radius 2 is 1.63 bits per heavy atom. The van der Waals surface area contributed by atoms with E-state index < -0.39 is 0 Å². The molecule has 0 radical (unpaired) electrons. The zero-order chi connectivity index (χ0) is 13.7. The quantitative estimate of drug-likeness (QED) is 0.858. The molecule has 2 N–H and O–H groups in total. The van der Waals surface area contributed by atoms with Crippen molar-refractivity contribution in [2.45, 2.75) is 25.9 Å². The molecule has 0 aromatic heterocycles. The number of hydrogen-bond acceptors (Lipinski definition) is 2. The molecule has 100 valence electrons. The average molecular weight is 255 g/mol. The van der Waals surface area contributed by atoms with Gasteiger partial charge in [-0.05, 0) is 36.6 Å². The van der Waals surface area contributed by atoms with Gasteiger partial charge in [0.1, 0.15) is 0 Å².